The number of halogens is 3. The van der Waals surface area contributed by atoms with Gasteiger partial charge in [0.15, 0.2) is 0 Å². The van der Waals surface area contributed by atoms with Gasteiger partial charge in [-0.1, -0.05) is 36.5 Å². The third kappa shape index (κ3) is 6.26. The Morgan fingerprint density at radius 1 is 1.13 bits per heavy atom. The molecule has 1 nitrogen and oxygen atoms in total. The number of rotatable bonds is 5. The third-order valence-corrected chi connectivity index (χ3v) is 2.40. The van der Waals surface area contributed by atoms with Gasteiger partial charge in [-0.2, -0.15) is 0 Å². The zero-order chi connectivity index (χ0) is 10.4. The summed E-state index contributed by atoms with van der Waals surface area (Å²) in [5.41, 5.74) is 1.14. The molecular formula is C11H16Cl3N. The number of hydrogen-bond acceptors (Lipinski definition) is 1. The van der Waals surface area contributed by atoms with Crippen LogP contribution in [0.4, 0.5) is 0 Å². The lowest BCUT2D eigenvalue weighted by Gasteiger charge is -2.05. The van der Waals surface area contributed by atoms with Gasteiger partial charge in [-0.3, -0.25) is 0 Å². The van der Waals surface area contributed by atoms with Crippen molar-refractivity contribution in [3.8, 4) is 0 Å². The van der Waals surface area contributed by atoms with Crippen LogP contribution in [0.3, 0.4) is 0 Å². The van der Waals surface area contributed by atoms with Crippen molar-refractivity contribution in [2.45, 2.75) is 26.3 Å². The van der Waals surface area contributed by atoms with E-state index in [9.17, 15) is 0 Å². The lowest BCUT2D eigenvalue weighted by atomic mass is 10.2. The van der Waals surface area contributed by atoms with E-state index in [0.29, 0.717) is 10.0 Å². The maximum Gasteiger partial charge on any atom is 0.0424 e. The van der Waals surface area contributed by atoms with E-state index in [-0.39, 0.29) is 12.4 Å². The van der Waals surface area contributed by atoms with Crippen molar-refractivity contribution in [1.82, 2.24) is 5.32 Å². The Labute approximate surface area is 108 Å². The predicted molar refractivity (Wildman–Crippen MR) is 70.3 cm³/mol. The zero-order valence-corrected chi connectivity index (χ0v) is 11.1. The van der Waals surface area contributed by atoms with Crippen LogP contribution in [0, 0.1) is 0 Å². The van der Waals surface area contributed by atoms with Crippen molar-refractivity contribution in [2.75, 3.05) is 6.54 Å². The summed E-state index contributed by atoms with van der Waals surface area (Å²) in [7, 11) is 0. The lowest BCUT2D eigenvalue weighted by molar-refractivity contribution is 0.641. The van der Waals surface area contributed by atoms with Crippen LogP contribution >= 0.6 is 35.6 Å². The number of benzene rings is 1. The first-order valence-corrected chi connectivity index (χ1v) is 5.63. The van der Waals surface area contributed by atoms with Crippen molar-refractivity contribution in [2.24, 2.45) is 0 Å². The van der Waals surface area contributed by atoms with Gasteiger partial charge < -0.3 is 5.32 Å². The highest BCUT2D eigenvalue weighted by atomic mass is 35.5. The summed E-state index contributed by atoms with van der Waals surface area (Å²) in [5, 5.41) is 4.74. The normalized spacial score (nSPS) is 9.80. The number of nitrogens with one attached hydrogen (secondary N) is 1. The summed E-state index contributed by atoms with van der Waals surface area (Å²) in [6.45, 7) is 4.05. The molecule has 1 N–H and O–H groups in total. The second-order valence-corrected chi connectivity index (χ2v) is 4.18. The second-order valence-electron chi connectivity index (χ2n) is 3.31. The van der Waals surface area contributed by atoms with Crippen molar-refractivity contribution in [3.05, 3.63) is 33.8 Å². The summed E-state index contributed by atoms with van der Waals surface area (Å²) >= 11 is 11.8. The fourth-order valence-electron chi connectivity index (χ4n) is 1.25. The molecule has 0 heterocycles. The van der Waals surface area contributed by atoms with E-state index in [0.717, 1.165) is 18.7 Å². The minimum Gasteiger partial charge on any atom is -0.313 e. The van der Waals surface area contributed by atoms with Crippen LogP contribution in [-0.2, 0) is 6.54 Å². The quantitative estimate of drug-likeness (QED) is 0.785. The minimum atomic E-state index is 0. The van der Waals surface area contributed by atoms with Gasteiger partial charge in [0.1, 0.15) is 0 Å². The Morgan fingerprint density at radius 3 is 2.27 bits per heavy atom. The van der Waals surface area contributed by atoms with Gasteiger partial charge in [0.05, 0.1) is 0 Å². The van der Waals surface area contributed by atoms with Crippen LogP contribution < -0.4 is 5.32 Å². The molecule has 0 saturated carbocycles. The molecule has 0 aromatic heterocycles. The maximum absolute atomic E-state index is 5.88. The van der Waals surface area contributed by atoms with E-state index in [1.54, 1.807) is 6.07 Å². The average molecular weight is 269 g/mol. The highest BCUT2D eigenvalue weighted by Crippen LogP contribution is 2.18. The Hall–Kier alpha value is 0.0500. The first-order chi connectivity index (χ1) is 6.72. The van der Waals surface area contributed by atoms with Crippen LogP contribution in [0.1, 0.15) is 25.3 Å². The van der Waals surface area contributed by atoms with Crippen molar-refractivity contribution < 1.29 is 0 Å². The molecule has 15 heavy (non-hydrogen) atoms. The third-order valence-electron chi connectivity index (χ3n) is 1.96. The van der Waals surface area contributed by atoms with Crippen LogP contribution in [0.2, 0.25) is 10.0 Å². The second kappa shape index (κ2) is 8.23. The van der Waals surface area contributed by atoms with E-state index >= 15 is 0 Å². The molecule has 0 amide bonds. The molecule has 0 atom stereocenters. The molecule has 0 aliphatic carbocycles. The topological polar surface area (TPSA) is 12.0 Å². The summed E-state index contributed by atoms with van der Waals surface area (Å²) in [4.78, 5) is 0. The molecule has 0 spiro atoms. The molecule has 1 aromatic carbocycles. The molecule has 0 fully saturated rings. The van der Waals surface area contributed by atoms with Crippen LogP contribution in [0.15, 0.2) is 18.2 Å². The molecule has 0 unspecified atom stereocenters. The maximum atomic E-state index is 5.88. The zero-order valence-electron chi connectivity index (χ0n) is 8.72. The SMILES string of the molecule is CCCCNCc1cc(Cl)cc(Cl)c1.Cl. The number of unbranched alkanes of at least 4 members (excludes halogenated alkanes) is 1. The standard InChI is InChI=1S/C11H15Cl2N.ClH/c1-2-3-4-14-8-9-5-10(12)7-11(13)6-9;/h5-7,14H,2-4,8H2,1H3;1H. The highest BCUT2D eigenvalue weighted by molar-refractivity contribution is 6.34. The summed E-state index contributed by atoms with van der Waals surface area (Å²) in [6, 6.07) is 5.62. The summed E-state index contributed by atoms with van der Waals surface area (Å²) in [5.74, 6) is 0. The first kappa shape index (κ1) is 15.0. The molecular weight excluding hydrogens is 252 g/mol. The van der Waals surface area contributed by atoms with Gasteiger partial charge in [-0.25, -0.2) is 0 Å². The molecule has 86 valence electrons. The smallest absolute Gasteiger partial charge is 0.0424 e. The molecule has 4 heteroatoms. The monoisotopic (exact) mass is 267 g/mol. The summed E-state index contributed by atoms with van der Waals surface area (Å²) < 4.78 is 0. The predicted octanol–water partition coefficient (Wildman–Crippen LogP) is 4.30. The fraction of sp³-hybridized carbons (Fsp3) is 0.455. The first-order valence-electron chi connectivity index (χ1n) is 4.88. The van der Waals surface area contributed by atoms with Gasteiger partial charge in [0.25, 0.3) is 0 Å². The van der Waals surface area contributed by atoms with E-state index in [2.05, 4.69) is 12.2 Å². The molecule has 0 aliphatic heterocycles. The minimum absolute atomic E-state index is 0. The largest absolute Gasteiger partial charge is 0.313 e. The van der Waals surface area contributed by atoms with E-state index in [1.165, 1.54) is 12.8 Å². The molecule has 0 bridgehead atoms. The van der Waals surface area contributed by atoms with Gasteiger partial charge >= 0.3 is 0 Å². The Kier molecular flexibility index (Phi) is 8.26. The van der Waals surface area contributed by atoms with Gasteiger partial charge in [-0.15, -0.1) is 12.4 Å². The Bertz CT molecular complexity index is 269. The lowest BCUT2D eigenvalue weighted by Crippen LogP contribution is -2.14. The van der Waals surface area contributed by atoms with Crippen molar-refractivity contribution >= 4 is 35.6 Å². The van der Waals surface area contributed by atoms with Gasteiger partial charge in [0, 0.05) is 16.6 Å². The van der Waals surface area contributed by atoms with E-state index in [1.807, 2.05) is 12.1 Å². The molecule has 0 radical (unpaired) electrons. The molecule has 1 rings (SSSR count). The van der Waals surface area contributed by atoms with E-state index in [4.69, 9.17) is 23.2 Å². The van der Waals surface area contributed by atoms with E-state index < -0.39 is 0 Å². The van der Waals surface area contributed by atoms with Crippen LogP contribution in [0.25, 0.3) is 0 Å². The van der Waals surface area contributed by atoms with Crippen LogP contribution in [0.5, 0.6) is 0 Å². The summed E-state index contributed by atoms with van der Waals surface area (Å²) in [6.07, 6.45) is 2.41. The molecule has 0 saturated heterocycles. The Balaban J connectivity index is 0.00000196. The van der Waals surface area contributed by atoms with Crippen molar-refractivity contribution in [3.63, 3.8) is 0 Å². The van der Waals surface area contributed by atoms with Gasteiger partial charge in [-0.05, 0) is 36.7 Å². The van der Waals surface area contributed by atoms with Gasteiger partial charge in [0.2, 0.25) is 0 Å². The Morgan fingerprint density at radius 2 is 1.73 bits per heavy atom. The number of hydrogen-bond donors (Lipinski definition) is 1. The molecule has 1 aromatic rings. The molecule has 0 aliphatic rings. The van der Waals surface area contributed by atoms with Crippen molar-refractivity contribution in [1.29, 1.82) is 0 Å². The fourth-order valence-corrected chi connectivity index (χ4v) is 1.82. The highest BCUT2D eigenvalue weighted by Gasteiger charge is 1.97. The van der Waals surface area contributed by atoms with Crippen LogP contribution in [-0.4, -0.2) is 6.54 Å². The average Bonchev–Trinajstić information content (AvgIpc) is 2.11.